The third-order valence-corrected chi connectivity index (χ3v) is 7.46. The van der Waals surface area contributed by atoms with Crippen molar-refractivity contribution in [1.82, 2.24) is 4.90 Å². The molecule has 0 saturated carbocycles. The van der Waals surface area contributed by atoms with Gasteiger partial charge in [-0.25, -0.2) is 0 Å². The van der Waals surface area contributed by atoms with Crippen molar-refractivity contribution < 1.29 is 19.2 Å². The van der Waals surface area contributed by atoms with Gasteiger partial charge in [-0.15, -0.1) is 0 Å². The summed E-state index contributed by atoms with van der Waals surface area (Å²) in [4.78, 5) is 31.2. The number of carbonyl (C=O) groups excluding carboxylic acids is 1. The lowest BCUT2D eigenvalue weighted by Crippen LogP contribution is -2.28. The van der Waals surface area contributed by atoms with Crippen molar-refractivity contribution in [3.8, 4) is 11.5 Å². The standard InChI is InChI=1S/C33H29N3O5S/c1-2-40-30-19-27(15-18-29(30)41-23-26-13-16-28(17-14-26)36(38)39)20-31-32(37)35(22-25-11-7-4-8-12-25)33(42-31)34-21-24-9-5-3-6-10-24/h3-20H,2,21-23H2,1H3. The summed E-state index contributed by atoms with van der Waals surface area (Å²) >= 11 is 1.36. The molecule has 1 saturated heterocycles. The molecule has 1 amide bonds. The van der Waals surface area contributed by atoms with Crippen LogP contribution in [0.25, 0.3) is 6.08 Å². The zero-order valence-electron chi connectivity index (χ0n) is 23.0. The SMILES string of the molecule is CCOc1cc(C=C2SC(=NCc3ccccc3)N(Cc3ccccc3)C2=O)ccc1OCc1ccc([N+](=O)[O-])cc1. The van der Waals surface area contributed by atoms with E-state index in [1.165, 1.54) is 23.9 Å². The molecule has 1 aliphatic heterocycles. The third kappa shape index (κ3) is 7.24. The Bertz CT molecular complexity index is 1610. The minimum Gasteiger partial charge on any atom is -0.490 e. The number of aliphatic imine (C=N–C) groups is 1. The first kappa shape index (κ1) is 28.6. The summed E-state index contributed by atoms with van der Waals surface area (Å²) in [6.45, 7) is 3.45. The summed E-state index contributed by atoms with van der Waals surface area (Å²) in [6, 6.07) is 31.6. The molecule has 4 aromatic carbocycles. The van der Waals surface area contributed by atoms with E-state index >= 15 is 0 Å². The number of amides is 1. The zero-order valence-corrected chi connectivity index (χ0v) is 23.8. The van der Waals surface area contributed by atoms with Crippen molar-refractivity contribution in [2.45, 2.75) is 26.6 Å². The van der Waals surface area contributed by atoms with Gasteiger partial charge in [0.15, 0.2) is 16.7 Å². The molecule has 0 aliphatic carbocycles. The van der Waals surface area contributed by atoms with Crippen LogP contribution in [-0.4, -0.2) is 27.5 Å². The number of carbonyl (C=O) groups is 1. The second kappa shape index (κ2) is 13.6. The van der Waals surface area contributed by atoms with Gasteiger partial charge < -0.3 is 9.47 Å². The molecule has 0 unspecified atom stereocenters. The summed E-state index contributed by atoms with van der Waals surface area (Å²) in [5, 5.41) is 11.6. The van der Waals surface area contributed by atoms with E-state index in [0.717, 1.165) is 22.3 Å². The number of hydrogen-bond acceptors (Lipinski definition) is 7. The smallest absolute Gasteiger partial charge is 0.269 e. The van der Waals surface area contributed by atoms with Gasteiger partial charge in [0.25, 0.3) is 11.6 Å². The molecule has 8 nitrogen and oxygen atoms in total. The van der Waals surface area contributed by atoms with Gasteiger partial charge in [-0.2, -0.15) is 0 Å². The Balaban J connectivity index is 1.36. The maximum absolute atomic E-state index is 13.6. The van der Waals surface area contributed by atoms with Crippen LogP contribution in [0.5, 0.6) is 11.5 Å². The molecule has 4 aromatic rings. The van der Waals surface area contributed by atoms with Gasteiger partial charge in [-0.3, -0.25) is 24.8 Å². The summed E-state index contributed by atoms with van der Waals surface area (Å²) in [7, 11) is 0. The van der Waals surface area contributed by atoms with Crippen LogP contribution in [0.1, 0.15) is 29.2 Å². The van der Waals surface area contributed by atoms with Crippen molar-refractivity contribution in [2.24, 2.45) is 4.99 Å². The Morgan fingerprint density at radius 1 is 0.857 bits per heavy atom. The molecule has 212 valence electrons. The van der Waals surface area contributed by atoms with E-state index in [4.69, 9.17) is 14.5 Å². The van der Waals surface area contributed by atoms with E-state index < -0.39 is 4.92 Å². The Labute approximate surface area is 248 Å². The number of nitrogens with zero attached hydrogens (tertiary/aromatic N) is 3. The molecule has 1 fully saturated rings. The van der Waals surface area contributed by atoms with Crippen molar-refractivity contribution >= 4 is 34.6 Å². The highest BCUT2D eigenvalue weighted by Crippen LogP contribution is 2.36. The highest BCUT2D eigenvalue weighted by atomic mass is 32.2. The lowest BCUT2D eigenvalue weighted by Gasteiger charge is -2.15. The molecule has 0 atom stereocenters. The molecule has 0 N–H and O–H groups in total. The van der Waals surface area contributed by atoms with Gasteiger partial charge in [-0.05, 0) is 71.3 Å². The van der Waals surface area contributed by atoms with Gasteiger partial charge in [0.1, 0.15) is 6.61 Å². The average Bonchev–Trinajstić information content (AvgIpc) is 3.30. The topological polar surface area (TPSA) is 94.3 Å². The average molecular weight is 580 g/mol. The van der Waals surface area contributed by atoms with Gasteiger partial charge in [0.2, 0.25) is 0 Å². The molecule has 0 aromatic heterocycles. The normalized spacial score (nSPS) is 14.9. The molecular weight excluding hydrogens is 550 g/mol. The second-order valence-electron chi connectivity index (χ2n) is 9.42. The number of nitro benzene ring substituents is 1. The number of nitro groups is 1. The fourth-order valence-electron chi connectivity index (χ4n) is 4.30. The summed E-state index contributed by atoms with van der Waals surface area (Å²) < 4.78 is 11.8. The third-order valence-electron chi connectivity index (χ3n) is 6.42. The van der Waals surface area contributed by atoms with Crippen LogP contribution in [-0.2, 0) is 24.5 Å². The minimum absolute atomic E-state index is 0.0288. The van der Waals surface area contributed by atoms with E-state index in [1.807, 2.05) is 85.8 Å². The van der Waals surface area contributed by atoms with E-state index in [1.54, 1.807) is 23.1 Å². The van der Waals surface area contributed by atoms with Crippen LogP contribution in [0.2, 0.25) is 0 Å². The predicted molar refractivity (Wildman–Crippen MR) is 165 cm³/mol. The zero-order chi connectivity index (χ0) is 29.3. The summed E-state index contributed by atoms with van der Waals surface area (Å²) in [5.41, 5.74) is 3.71. The molecule has 42 heavy (non-hydrogen) atoms. The Hall–Kier alpha value is -4.89. The van der Waals surface area contributed by atoms with Crippen LogP contribution in [0, 0.1) is 10.1 Å². The van der Waals surface area contributed by atoms with E-state index in [2.05, 4.69) is 0 Å². The molecule has 1 heterocycles. The van der Waals surface area contributed by atoms with Gasteiger partial charge in [0.05, 0.1) is 29.5 Å². The van der Waals surface area contributed by atoms with Crippen LogP contribution in [0.3, 0.4) is 0 Å². The van der Waals surface area contributed by atoms with Crippen LogP contribution in [0.15, 0.2) is 113 Å². The number of thioether (sulfide) groups is 1. The van der Waals surface area contributed by atoms with Crippen molar-refractivity contribution in [2.75, 3.05) is 6.61 Å². The molecule has 0 bridgehead atoms. The fourth-order valence-corrected chi connectivity index (χ4v) is 5.28. The van der Waals surface area contributed by atoms with E-state index in [-0.39, 0.29) is 18.2 Å². The van der Waals surface area contributed by atoms with Crippen LogP contribution in [0.4, 0.5) is 5.69 Å². The minimum atomic E-state index is -0.433. The number of hydrogen-bond donors (Lipinski definition) is 0. The highest BCUT2D eigenvalue weighted by molar-refractivity contribution is 8.18. The van der Waals surface area contributed by atoms with Crippen LogP contribution >= 0.6 is 11.8 Å². The first-order chi connectivity index (χ1) is 20.5. The number of ether oxygens (including phenoxy) is 2. The predicted octanol–water partition coefficient (Wildman–Crippen LogP) is 7.25. The number of benzene rings is 4. The molecule has 0 radical (unpaired) electrons. The fraction of sp³-hybridized carbons (Fsp3) is 0.152. The molecular formula is C33H29N3O5S. The molecule has 1 aliphatic rings. The molecule has 9 heteroatoms. The first-order valence-corrected chi connectivity index (χ1v) is 14.3. The Morgan fingerprint density at radius 3 is 2.21 bits per heavy atom. The monoisotopic (exact) mass is 579 g/mol. The maximum atomic E-state index is 13.6. The van der Waals surface area contributed by atoms with E-state index in [0.29, 0.717) is 41.3 Å². The summed E-state index contributed by atoms with van der Waals surface area (Å²) in [5.74, 6) is 0.981. The molecule has 0 spiro atoms. The van der Waals surface area contributed by atoms with E-state index in [9.17, 15) is 14.9 Å². The van der Waals surface area contributed by atoms with Gasteiger partial charge >= 0.3 is 0 Å². The van der Waals surface area contributed by atoms with Crippen molar-refractivity contribution in [3.05, 3.63) is 140 Å². The molecule has 5 rings (SSSR count). The Kier molecular flexibility index (Phi) is 9.30. The number of amidine groups is 1. The highest BCUT2D eigenvalue weighted by Gasteiger charge is 2.33. The van der Waals surface area contributed by atoms with Crippen LogP contribution < -0.4 is 9.47 Å². The number of rotatable bonds is 11. The van der Waals surface area contributed by atoms with Gasteiger partial charge in [0, 0.05) is 12.1 Å². The lowest BCUT2D eigenvalue weighted by atomic mass is 10.1. The maximum Gasteiger partial charge on any atom is 0.269 e. The first-order valence-electron chi connectivity index (χ1n) is 13.5. The quantitative estimate of drug-likeness (QED) is 0.106. The largest absolute Gasteiger partial charge is 0.490 e. The van der Waals surface area contributed by atoms with Crippen molar-refractivity contribution in [1.29, 1.82) is 0 Å². The number of non-ortho nitro benzene ring substituents is 1. The van der Waals surface area contributed by atoms with Gasteiger partial charge in [-0.1, -0.05) is 66.7 Å². The van der Waals surface area contributed by atoms with Crippen molar-refractivity contribution in [3.63, 3.8) is 0 Å². The summed E-state index contributed by atoms with van der Waals surface area (Å²) in [6.07, 6.45) is 1.85. The lowest BCUT2D eigenvalue weighted by molar-refractivity contribution is -0.384. The Morgan fingerprint density at radius 2 is 1.55 bits per heavy atom. The second-order valence-corrected chi connectivity index (χ2v) is 10.4.